The second-order valence-corrected chi connectivity index (χ2v) is 5.36. The molecule has 1 aliphatic heterocycles. The summed E-state index contributed by atoms with van der Waals surface area (Å²) in [7, 11) is 0. The first kappa shape index (κ1) is 13.3. The molecule has 2 N–H and O–H groups in total. The van der Waals surface area contributed by atoms with Crippen molar-refractivity contribution in [2.24, 2.45) is 5.73 Å². The average Bonchev–Trinajstić information content (AvgIpc) is 2.49. The molecule has 0 radical (unpaired) electrons. The molecule has 104 valence electrons. The van der Waals surface area contributed by atoms with Gasteiger partial charge in [-0.3, -0.25) is 4.90 Å². The van der Waals surface area contributed by atoms with Crippen LogP contribution in [0.1, 0.15) is 16.7 Å². The topological polar surface area (TPSA) is 29.3 Å². The summed E-state index contributed by atoms with van der Waals surface area (Å²) in [5.74, 6) is -0.137. The molecule has 1 aliphatic rings. The van der Waals surface area contributed by atoms with Gasteiger partial charge in [0.1, 0.15) is 5.82 Å². The third-order valence-electron chi connectivity index (χ3n) is 4.07. The van der Waals surface area contributed by atoms with Gasteiger partial charge in [0.15, 0.2) is 0 Å². The van der Waals surface area contributed by atoms with E-state index in [4.69, 9.17) is 5.73 Å². The van der Waals surface area contributed by atoms with Crippen LogP contribution >= 0.6 is 0 Å². The van der Waals surface area contributed by atoms with E-state index in [0.717, 1.165) is 18.5 Å². The van der Waals surface area contributed by atoms with Gasteiger partial charge in [-0.2, -0.15) is 0 Å². The summed E-state index contributed by atoms with van der Waals surface area (Å²) in [5, 5.41) is 0. The van der Waals surface area contributed by atoms with Crippen LogP contribution in [-0.2, 0) is 19.5 Å². The van der Waals surface area contributed by atoms with E-state index in [1.54, 1.807) is 6.07 Å². The number of fused-ring (bicyclic) bond motifs is 1. The molecule has 1 unspecified atom stereocenters. The van der Waals surface area contributed by atoms with Gasteiger partial charge in [-0.25, -0.2) is 4.39 Å². The molecule has 0 aromatic heterocycles. The first-order valence-corrected chi connectivity index (χ1v) is 7.02. The molecule has 3 heteroatoms. The van der Waals surface area contributed by atoms with Crippen molar-refractivity contribution in [3.05, 3.63) is 71.0 Å². The van der Waals surface area contributed by atoms with Gasteiger partial charge in [-0.05, 0) is 23.6 Å². The molecule has 0 saturated heterocycles. The van der Waals surface area contributed by atoms with Crippen LogP contribution in [0.2, 0.25) is 0 Å². The first-order chi connectivity index (χ1) is 9.78. The number of halogens is 1. The molecule has 0 spiro atoms. The highest BCUT2D eigenvalue weighted by Gasteiger charge is 2.25. The van der Waals surface area contributed by atoms with E-state index in [-0.39, 0.29) is 11.9 Å². The summed E-state index contributed by atoms with van der Waals surface area (Å²) in [5.41, 5.74) is 9.34. The van der Waals surface area contributed by atoms with E-state index in [1.807, 2.05) is 12.1 Å². The second-order valence-electron chi connectivity index (χ2n) is 5.36. The van der Waals surface area contributed by atoms with Crippen molar-refractivity contribution in [2.45, 2.75) is 25.6 Å². The van der Waals surface area contributed by atoms with Crippen molar-refractivity contribution in [3.8, 4) is 0 Å². The lowest BCUT2D eigenvalue weighted by molar-refractivity contribution is 0.165. The molecule has 0 fully saturated rings. The van der Waals surface area contributed by atoms with Crippen molar-refractivity contribution < 1.29 is 4.39 Å². The molecule has 0 saturated carbocycles. The SMILES string of the molecule is NCC1Cc2ccccc2CN1Cc1ccccc1F. The smallest absolute Gasteiger partial charge is 0.127 e. The highest BCUT2D eigenvalue weighted by atomic mass is 19.1. The van der Waals surface area contributed by atoms with Crippen molar-refractivity contribution in [3.63, 3.8) is 0 Å². The fourth-order valence-electron chi connectivity index (χ4n) is 2.90. The standard InChI is InChI=1S/C17H19FN2/c18-17-8-4-3-7-15(17)12-20-11-14-6-2-1-5-13(14)9-16(20)10-19/h1-8,16H,9-12,19H2. The molecule has 3 rings (SSSR count). The Morgan fingerprint density at radius 3 is 2.50 bits per heavy atom. The predicted octanol–water partition coefficient (Wildman–Crippen LogP) is 2.71. The minimum atomic E-state index is -0.137. The maximum absolute atomic E-state index is 13.8. The van der Waals surface area contributed by atoms with Crippen LogP contribution in [0, 0.1) is 5.82 Å². The molecule has 0 bridgehead atoms. The lowest BCUT2D eigenvalue weighted by Gasteiger charge is -2.36. The van der Waals surface area contributed by atoms with Crippen LogP contribution in [0.5, 0.6) is 0 Å². The molecule has 0 aliphatic carbocycles. The van der Waals surface area contributed by atoms with Crippen LogP contribution in [0.25, 0.3) is 0 Å². The zero-order valence-corrected chi connectivity index (χ0v) is 11.4. The van der Waals surface area contributed by atoms with Crippen LogP contribution in [0.4, 0.5) is 4.39 Å². The molecular weight excluding hydrogens is 251 g/mol. The number of nitrogens with two attached hydrogens (primary N) is 1. The number of rotatable bonds is 3. The van der Waals surface area contributed by atoms with Gasteiger partial charge < -0.3 is 5.73 Å². The summed E-state index contributed by atoms with van der Waals surface area (Å²) in [6, 6.07) is 15.7. The minimum absolute atomic E-state index is 0.137. The third-order valence-corrected chi connectivity index (χ3v) is 4.07. The molecule has 1 atom stereocenters. The quantitative estimate of drug-likeness (QED) is 0.929. The van der Waals surface area contributed by atoms with Crippen molar-refractivity contribution in [1.29, 1.82) is 0 Å². The summed E-state index contributed by atoms with van der Waals surface area (Å²) in [4.78, 5) is 2.28. The van der Waals surface area contributed by atoms with E-state index in [2.05, 4.69) is 29.2 Å². The molecule has 20 heavy (non-hydrogen) atoms. The van der Waals surface area contributed by atoms with E-state index in [9.17, 15) is 4.39 Å². The van der Waals surface area contributed by atoms with Crippen LogP contribution < -0.4 is 5.73 Å². The van der Waals surface area contributed by atoms with E-state index in [1.165, 1.54) is 17.2 Å². The molecule has 2 aromatic carbocycles. The molecule has 1 heterocycles. The Labute approximate surface area is 119 Å². The second kappa shape index (κ2) is 5.73. The van der Waals surface area contributed by atoms with Crippen molar-refractivity contribution in [1.82, 2.24) is 4.90 Å². The Kier molecular flexibility index (Phi) is 3.81. The van der Waals surface area contributed by atoms with E-state index in [0.29, 0.717) is 13.1 Å². The number of benzene rings is 2. The minimum Gasteiger partial charge on any atom is -0.329 e. The van der Waals surface area contributed by atoms with Gasteiger partial charge in [-0.15, -0.1) is 0 Å². The van der Waals surface area contributed by atoms with Gasteiger partial charge in [0, 0.05) is 31.2 Å². The largest absolute Gasteiger partial charge is 0.329 e. The number of nitrogens with zero attached hydrogens (tertiary/aromatic N) is 1. The predicted molar refractivity (Wildman–Crippen MR) is 78.6 cm³/mol. The Morgan fingerprint density at radius 2 is 1.75 bits per heavy atom. The zero-order valence-electron chi connectivity index (χ0n) is 11.4. The van der Waals surface area contributed by atoms with Crippen LogP contribution in [0.3, 0.4) is 0 Å². The summed E-state index contributed by atoms with van der Waals surface area (Å²) in [6.07, 6.45) is 0.946. The first-order valence-electron chi connectivity index (χ1n) is 7.02. The summed E-state index contributed by atoms with van der Waals surface area (Å²) < 4.78 is 13.8. The normalized spacial score (nSPS) is 18.8. The molecule has 0 amide bonds. The number of hydrogen-bond acceptors (Lipinski definition) is 2. The summed E-state index contributed by atoms with van der Waals surface area (Å²) in [6.45, 7) is 2.05. The van der Waals surface area contributed by atoms with Gasteiger partial charge in [0.05, 0.1) is 0 Å². The Bertz CT molecular complexity index is 597. The molecular formula is C17H19FN2. The monoisotopic (exact) mass is 270 g/mol. The third kappa shape index (κ3) is 2.60. The fraction of sp³-hybridized carbons (Fsp3) is 0.294. The highest BCUT2D eigenvalue weighted by Crippen LogP contribution is 2.25. The van der Waals surface area contributed by atoms with E-state index >= 15 is 0 Å². The van der Waals surface area contributed by atoms with Crippen LogP contribution in [-0.4, -0.2) is 17.5 Å². The molecule has 2 aromatic rings. The van der Waals surface area contributed by atoms with Gasteiger partial charge in [-0.1, -0.05) is 42.5 Å². The lowest BCUT2D eigenvalue weighted by atomic mass is 9.93. The van der Waals surface area contributed by atoms with Crippen molar-refractivity contribution in [2.75, 3.05) is 6.54 Å². The van der Waals surface area contributed by atoms with E-state index < -0.39 is 0 Å². The fourth-order valence-corrected chi connectivity index (χ4v) is 2.90. The Balaban J connectivity index is 1.84. The van der Waals surface area contributed by atoms with Gasteiger partial charge >= 0.3 is 0 Å². The zero-order chi connectivity index (χ0) is 13.9. The van der Waals surface area contributed by atoms with Crippen molar-refractivity contribution >= 4 is 0 Å². The molecule has 2 nitrogen and oxygen atoms in total. The number of hydrogen-bond donors (Lipinski definition) is 1. The maximum atomic E-state index is 13.8. The van der Waals surface area contributed by atoms with Gasteiger partial charge in [0.2, 0.25) is 0 Å². The Hall–Kier alpha value is -1.71. The Morgan fingerprint density at radius 1 is 1.05 bits per heavy atom. The summed E-state index contributed by atoms with van der Waals surface area (Å²) >= 11 is 0. The highest BCUT2D eigenvalue weighted by molar-refractivity contribution is 5.30. The maximum Gasteiger partial charge on any atom is 0.127 e. The average molecular weight is 270 g/mol. The van der Waals surface area contributed by atoms with Crippen LogP contribution in [0.15, 0.2) is 48.5 Å². The lowest BCUT2D eigenvalue weighted by Crippen LogP contribution is -2.44. The van der Waals surface area contributed by atoms with Gasteiger partial charge in [0.25, 0.3) is 0 Å².